The van der Waals surface area contributed by atoms with E-state index >= 15 is 0 Å². The van der Waals surface area contributed by atoms with Gasteiger partial charge < -0.3 is 15.1 Å². The molecule has 7 nitrogen and oxygen atoms in total. The number of urea groups is 1. The Hall–Kier alpha value is -2.83. The van der Waals surface area contributed by atoms with E-state index in [9.17, 15) is 9.59 Å². The highest BCUT2D eigenvalue weighted by atomic mass is 16.2. The van der Waals surface area contributed by atoms with Gasteiger partial charge in [-0.05, 0) is 31.4 Å². The fourth-order valence-corrected chi connectivity index (χ4v) is 3.32. The van der Waals surface area contributed by atoms with Crippen LogP contribution in [-0.2, 0) is 18.3 Å². The Kier molecular flexibility index (Phi) is 5.25. The molecule has 0 aliphatic carbocycles. The SMILES string of the molecule is CCc1nn(C)cc1NC(=O)N(C)C1CCCN(c2ccccc2)C1=O. The number of nitrogens with one attached hydrogen (secondary N) is 1. The molecule has 0 bridgehead atoms. The van der Waals surface area contributed by atoms with Crippen LogP contribution >= 0.6 is 0 Å². The number of carbonyl (C=O) groups is 2. The van der Waals surface area contributed by atoms with Crippen molar-refractivity contribution in [1.82, 2.24) is 14.7 Å². The second-order valence-electron chi connectivity index (χ2n) is 6.54. The van der Waals surface area contributed by atoms with Crippen molar-refractivity contribution in [2.24, 2.45) is 7.05 Å². The van der Waals surface area contributed by atoms with Crippen LogP contribution in [0.5, 0.6) is 0 Å². The molecule has 2 aromatic rings. The number of piperidine rings is 1. The fraction of sp³-hybridized carbons (Fsp3) is 0.421. The molecule has 1 saturated heterocycles. The highest BCUT2D eigenvalue weighted by Crippen LogP contribution is 2.24. The predicted octanol–water partition coefficient (Wildman–Crippen LogP) is 2.64. The maximum atomic E-state index is 12.9. The molecule has 1 N–H and O–H groups in total. The van der Waals surface area contributed by atoms with Crippen molar-refractivity contribution >= 4 is 23.3 Å². The van der Waals surface area contributed by atoms with Crippen LogP contribution < -0.4 is 10.2 Å². The molecule has 0 saturated carbocycles. The van der Waals surface area contributed by atoms with E-state index in [0.29, 0.717) is 18.7 Å². The summed E-state index contributed by atoms with van der Waals surface area (Å²) in [7, 11) is 3.50. The Morgan fingerprint density at radius 2 is 2.08 bits per heavy atom. The largest absolute Gasteiger partial charge is 0.322 e. The van der Waals surface area contributed by atoms with Crippen molar-refractivity contribution in [2.45, 2.75) is 32.2 Å². The maximum Gasteiger partial charge on any atom is 0.322 e. The molecule has 0 radical (unpaired) electrons. The number of rotatable bonds is 4. The number of aryl methyl sites for hydroxylation is 2. The van der Waals surface area contributed by atoms with E-state index in [4.69, 9.17) is 0 Å². The molecule has 1 fully saturated rings. The van der Waals surface area contributed by atoms with Gasteiger partial charge in [0, 0.05) is 32.5 Å². The molecule has 3 rings (SSSR count). The molecule has 0 spiro atoms. The van der Waals surface area contributed by atoms with Crippen LogP contribution in [0.4, 0.5) is 16.2 Å². The van der Waals surface area contributed by atoms with Crippen molar-refractivity contribution in [1.29, 1.82) is 0 Å². The molecule has 1 aromatic heterocycles. The number of para-hydroxylation sites is 1. The molecule has 1 aliphatic heterocycles. The maximum absolute atomic E-state index is 12.9. The van der Waals surface area contributed by atoms with Gasteiger partial charge in [0.1, 0.15) is 6.04 Å². The number of hydrogen-bond donors (Lipinski definition) is 1. The van der Waals surface area contributed by atoms with Crippen molar-refractivity contribution in [3.63, 3.8) is 0 Å². The van der Waals surface area contributed by atoms with Gasteiger partial charge in [-0.25, -0.2) is 4.79 Å². The van der Waals surface area contributed by atoms with Gasteiger partial charge in [-0.1, -0.05) is 25.1 Å². The van der Waals surface area contributed by atoms with Crippen LogP contribution in [0, 0.1) is 0 Å². The zero-order valence-corrected chi connectivity index (χ0v) is 15.5. The molecule has 7 heteroatoms. The van der Waals surface area contributed by atoms with Gasteiger partial charge in [0.2, 0.25) is 5.91 Å². The van der Waals surface area contributed by atoms with Gasteiger partial charge in [-0.15, -0.1) is 0 Å². The zero-order chi connectivity index (χ0) is 18.7. The number of hydrogen-bond acceptors (Lipinski definition) is 3. The Morgan fingerprint density at radius 1 is 1.35 bits per heavy atom. The molecule has 1 unspecified atom stereocenters. The van der Waals surface area contributed by atoms with E-state index in [1.807, 2.05) is 44.3 Å². The van der Waals surface area contributed by atoms with Crippen molar-refractivity contribution < 1.29 is 9.59 Å². The summed E-state index contributed by atoms with van der Waals surface area (Å²) in [5, 5.41) is 7.22. The van der Waals surface area contributed by atoms with E-state index in [1.165, 1.54) is 4.90 Å². The van der Waals surface area contributed by atoms with E-state index < -0.39 is 6.04 Å². The third kappa shape index (κ3) is 3.56. The molecule has 26 heavy (non-hydrogen) atoms. The third-order valence-corrected chi connectivity index (χ3v) is 4.75. The quantitative estimate of drug-likeness (QED) is 0.916. The summed E-state index contributed by atoms with van der Waals surface area (Å²) in [5.41, 5.74) is 2.39. The minimum absolute atomic E-state index is 0.0398. The van der Waals surface area contributed by atoms with Gasteiger partial charge >= 0.3 is 6.03 Å². The van der Waals surface area contributed by atoms with Crippen LogP contribution in [0.1, 0.15) is 25.5 Å². The van der Waals surface area contributed by atoms with Gasteiger partial charge in [0.05, 0.1) is 11.4 Å². The first-order valence-corrected chi connectivity index (χ1v) is 8.94. The van der Waals surface area contributed by atoms with E-state index in [0.717, 1.165) is 24.2 Å². The minimum atomic E-state index is -0.467. The Balaban J connectivity index is 1.72. The van der Waals surface area contributed by atoms with Crippen LogP contribution in [-0.4, -0.2) is 46.3 Å². The normalized spacial score (nSPS) is 17.3. The molecule has 2 heterocycles. The Morgan fingerprint density at radius 3 is 2.77 bits per heavy atom. The van der Waals surface area contributed by atoms with Gasteiger partial charge in [-0.3, -0.25) is 9.48 Å². The number of anilines is 2. The minimum Gasteiger partial charge on any atom is -0.316 e. The Bertz CT molecular complexity index is 786. The predicted molar refractivity (Wildman–Crippen MR) is 101 cm³/mol. The van der Waals surface area contributed by atoms with Gasteiger partial charge in [0.15, 0.2) is 0 Å². The molecule has 1 atom stereocenters. The Labute approximate surface area is 153 Å². The monoisotopic (exact) mass is 355 g/mol. The first-order valence-electron chi connectivity index (χ1n) is 8.94. The summed E-state index contributed by atoms with van der Waals surface area (Å²) in [6.07, 6.45) is 4.03. The van der Waals surface area contributed by atoms with Crippen molar-refractivity contribution in [3.8, 4) is 0 Å². The van der Waals surface area contributed by atoms with Gasteiger partial charge in [-0.2, -0.15) is 5.10 Å². The van der Waals surface area contributed by atoms with Crippen molar-refractivity contribution in [2.75, 3.05) is 23.8 Å². The summed E-state index contributed by atoms with van der Waals surface area (Å²) in [4.78, 5) is 28.9. The van der Waals surface area contributed by atoms with Crippen LogP contribution in [0.25, 0.3) is 0 Å². The average Bonchev–Trinajstić information content (AvgIpc) is 3.01. The number of amides is 3. The summed E-state index contributed by atoms with van der Waals surface area (Å²) < 4.78 is 1.68. The topological polar surface area (TPSA) is 70.5 Å². The second-order valence-corrected chi connectivity index (χ2v) is 6.54. The highest BCUT2D eigenvalue weighted by Gasteiger charge is 2.34. The van der Waals surface area contributed by atoms with E-state index in [-0.39, 0.29) is 11.9 Å². The van der Waals surface area contributed by atoms with Crippen LogP contribution in [0.3, 0.4) is 0 Å². The third-order valence-electron chi connectivity index (χ3n) is 4.75. The molecular formula is C19H25N5O2. The first-order chi connectivity index (χ1) is 12.5. The smallest absolute Gasteiger partial charge is 0.316 e. The zero-order valence-electron chi connectivity index (χ0n) is 15.5. The lowest BCUT2D eigenvalue weighted by molar-refractivity contribution is -0.123. The molecule has 138 valence electrons. The summed E-state index contributed by atoms with van der Waals surface area (Å²) >= 11 is 0. The second kappa shape index (κ2) is 7.59. The summed E-state index contributed by atoms with van der Waals surface area (Å²) in [6.45, 7) is 2.67. The van der Waals surface area contributed by atoms with Crippen molar-refractivity contribution in [3.05, 3.63) is 42.2 Å². The van der Waals surface area contributed by atoms with E-state index in [2.05, 4.69) is 10.4 Å². The number of aromatic nitrogens is 2. The van der Waals surface area contributed by atoms with E-state index in [1.54, 1.807) is 22.8 Å². The number of benzene rings is 1. The standard InChI is InChI=1S/C19H25N5O2/c1-4-15-16(13-22(2)21-15)20-19(26)23(3)17-11-8-12-24(18(17)25)14-9-6-5-7-10-14/h5-7,9-10,13,17H,4,8,11-12H2,1-3H3,(H,20,26). The number of nitrogens with zero attached hydrogens (tertiary/aromatic N) is 4. The lowest BCUT2D eigenvalue weighted by Gasteiger charge is -2.36. The molecule has 1 aliphatic rings. The number of likely N-dealkylation sites (N-methyl/N-ethyl adjacent to an activating group) is 1. The molecular weight excluding hydrogens is 330 g/mol. The fourth-order valence-electron chi connectivity index (χ4n) is 3.32. The average molecular weight is 355 g/mol. The summed E-state index contributed by atoms with van der Waals surface area (Å²) in [6, 6.07) is 8.84. The highest BCUT2D eigenvalue weighted by molar-refractivity contribution is 6.01. The van der Waals surface area contributed by atoms with Crippen LogP contribution in [0.2, 0.25) is 0 Å². The van der Waals surface area contributed by atoms with Gasteiger partial charge in [0.25, 0.3) is 0 Å². The molecule has 3 amide bonds. The summed E-state index contributed by atoms with van der Waals surface area (Å²) in [5.74, 6) is -0.0398. The molecule has 1 aromatic carbocycles. The van der Waals surface area contributed by atoms with Crippen LogP contribution in [0.15, 0.2) is 36.5 Å². The lowest BCUT2D eigenvalue weighted by Crippen LogP contribution is -2.54. The number of carbonyl (C=O) groups excluding carboxylic acids is 2. The first kappa shape index (κ1) is 18.0. The lowest BCUT2D eigenvalue weighted by atomic mass is 10.0.